The number of amides is 1. The van der Waals surface area contributed by atoms with E-state index in [1.54, 1.807) is 0 Å². The Labute approximate surface area is 146 Å². The molecular weight excluding hydrogens is 322 g/mol. The largest absolute Gasteiger partial charge is 0.484 e. The van der Waals surface area contributed by atoms with Crippen LogP contribution in [0.5, 0.6) is 5.75 Å². The highest BCUT2D eigenvalue weighted by Gasteiger charge is 2.22. The molecule has 2 aromatic rings. The summed E-state index contributed by atoms with van der Waals surface area (Å²) >= 11 is 1.41. The lowest BCUT2D eigenvalue weighted by Gasteiger charge is -2.31. The number of nitrogens with zero attached hydrogens (tertiary/aromatic N) is 2. The van der Waals surface area contributed by atoms with E-state index in [-0.39, 0.29) is 12.5 Å². The first-order chi connectivity index (χ1) is 11.6. The molecule has 0 atom stereocenters. The highest BCUT2D eigenvalue weighted by atomic mass is 32.1. The molecule has 128 valence electrons. The maximum Gasteiger partial charge on any atom is 0.260 e. The molecule has 1 aliphatic carbocycles. The summed E-state index contributed by atoms with van der Waals surface area (Å²) in [5.74, 6) is 0.703. The van der Waals surface area contributed by atoms with E-state index in [1.807, 2.05) is 41.6 Å². The standard InChI is InChI=1S/C18H23N3O2S/c1-21(14-7-3-2-4-8-14)17(22)11-23-15-9-5-6-13(10-15)16-12-24-18(19)20-16/h5-6,9-10,12,14H,2-4,7-8,11H2,1H3,(H2,19,20). The number of thiazole rings is 1. The van der Waals surface area contributed by atoms with Gasteiger partial charge in [-0.1, -0.05) is 31.4 Å². The smallest absolute Gasteiger partial charge is 0.260 e. The zero-order valence-electron chi connectivity index (χ0n) is 13.9. The first-order valence-electron chi connectivity index (χ1n) is 8.33. The van der Waals surface area contributed by atoms with Crippen LogP contribution in [-0.4, -0.2) is 35.5 Å². The molecule has 0 radical (unpaired) electrons. The number of aromatic nitrogens is 1. The monoisotopic (exact) mass is 345 g/mol. The Balaban J connectivity index is 1.59. The summed E-state index contributed by atoms with van der Waals surface area (Å²) in [6.07, 6.45) is 5.90. The van der Waals surface area contributed by atoms with E-state index in [0.717, 1.165) is 24.1 Å². The van der Waals surface area contributed by atoms with Crippen molar-refractivity contribution in [1.29, 1.82) is 0 Å². The molecule has 6 heteroatoms. The van der Waals surface area contributed by atoms with E-state index in [0.29, 0.717) is 16.9 Å². The van der Waals surface area contributed by atoms with E-state index in [9.17, 15) is 4.79 Å². The Kier molecular flexibility index (Phi) is 5.35. The highest BCUT2D eigenvalue weighted by molar-refractivity contribution is 7.13. The van der Waals surface area contributed by atoms with Crippen LogP contribution in [0.25, 0.3) is 11.3 Å². The number of hydrogen-bond donors (Lipinski definition) is 1. The summed E-state index contributed by atoms with van der Waals surface area (Å²) in [5.41, 5.74) is 7.45. The molecular formula is C18H23N3O2S. The fraction of sp³-hybridized carbons (Fsp3) is 0.444. The van der Waals surface area contributed by atoms with Gasteiger partial charge in [-0.3, -0.25) is 4.79 Å². The van der Waals surface area contributed by atoms with Crippen molar-refractivity contribution in [3.63, 3.8) is 0 Å². The molecule has 2 N–H and O–H groups in total. The summed E-state index contributed by atoms with van der Waals surface area (Å²) in [6.45, 7) is 0.0651. The van der Waals surface area contributed by atoms with Crippen molar-refractivity contribution in [2.45, 2.75) is 38.1 Å². The van der Waals surface area contributed by atoms with Gasteiger partial charge in [0.05, 0.1) is 5.69 Å². The average molecular weight is 345 g/mol. The summed E-state index contributed by atoms with van der Waals surface area (Å²) in [4.78, 5) is 18.5. The third-order valence-corrected chi connectivity index (χ3v) is 5.20. The molecule has 0 aliphatic heterocycles. The molecule has 1 saturated carbocycles. The van der Waals surface area contributed by atoms with Crippen molar-refractivity contribution < 1.29 is 9.53 Å². The Morgan fingerprint density at radius 3 is 2.88 bits per heavy atom. The predicted octanol–water partition coefficient (Wildman–Crippen LogP) is 3.56. The average Bonchev–Trinajstić information content (AvgIpc) is 3.06. The van der Waals surface area contributed by atoms with Gasteiger partial charge in [-0.15, -0.1) is 11.3 Å². The van der Waals surface area contributed by atoms with Crippen LogP contribution in [0.3, 0.4) is 0 Å². The van der Waals surface area contributed by atoms with Crippen molar-refractivity contribution in [3.05, 3.63) is 29.6 Å². The van der Waals surface area contributed by atoms with Crippen LogP contribution in [0.1, 0.15) is 32.1 Å². The molecule has 1 aromatic carbocycles. The SMILES string of the molecule is CN(C(=O)COc1cccc(-c2csc(N)n2)c1)C1CCCCC1. The Hall–Kier alpha value is -2.08. The normalized spacial score (nSPS) is 15.2. The molecule has 1 heterocycles. The zero-order chi connectivity index (χ0) is 16.9. The fourth-order valence-corrected chi connectivity index (χ4v) is 3.66. The number of likely N-dealkylation sites (N-methyl/N-ethyl adjacent to an activating group) is 1. The van der Waals surface area contributed by atoms with E-state index in [4.69, 9.17) is 10.5 Å². The van der Waals surface area contributed by atoms with Crippen LogP contribution < -0.4 is 10.5 Å². The second-order valence-electron chi connectivity index (χ2n) is 6.18. The Bertz CT molecular complexity index is 695. The summed E-state index contributed by atoms with van der Waals surface area (Å²) < 4.78 is 5.70. The second-order valence-corrected chi connectivity index (χ2v) is 7.07. The number of carbonyl (C=O) groups excluding carboxylic acids is 1. The second kappa shape index (κ2) is 7.66. The van der Waals surface area contributed by atoms with Gasteiger partial charge in [-0.05, 0) is 25.0 Å². The zero-order valence-corrected chi connectivity index (χ0v) is 14.7. The van der Waals surface area contributed by atoms with Crippen LogP contribution in [-0.2, 0) is 4.79 Å². The minimum atomic E-state index is 0.0326. The van der Waals surface area contributed by atoms with Crippen molar-refractivity contribution in [1.82, 2.24) is 9.88 Å². The van der Waals surface area contributed by atoms with Gasteiger partial charge in [-0.25, -0.2) is 4.98 Å². The molecule has 1 aliphatic rings. The first-order valence-corrected chi connectivity index (χ1v) is 9.21. The van der Waals surface area contributed by atoms with Gasteiger partial charge >= 0.3 is 0 Å². The predicted molar refractivity (Wildman–Crippen MR) is 97.1 cm³/mol. The Morgan fingerprint density at radius 2 is 2.17 bits per heavy atom. The van der Waals surface area contributed by atoms with Gasteiger partial charge in [0.15, 0.2) is 11.7 Å². The molecule has 0 unspecified atom stereocenters. The number of anilines is 1. The topological polar surface area (TPSA) is 68.5 Å². The van der Waals surface area contributed by atoms with Crippen LogP contribution in [0, 0.1) is 0 Å². The molecule has 1 amide bonds. The number of nitrogens with two attached hydrogens (primary N) is 1. The molecule has 5 nitrogen and oxygen atoms in total. The van der Waals surface area contributed by atoms with Gasteiger partial charge < -0.3 is 15.4 Å². The van der Waals surface area contributed by atoms with Crippen molar-refractivity contribution >= 4 is 22.4 Å². The van der Waals surface area contributed by atoms with Crippen LogP contribution in [0.4, 0.5) is 5.13 Å². The number of rotatable bonds is 5. The minimum absolute atomic E-state index is 0.0326. The van der Waals surface area contributed by atoms with Gasteiger partial charge in [-0.2, -0.15) is 0 Å². The van der Waals surface area contributed by atoms with Gasteiger partial charge in [0.25, 0.3) is 5.91 Å². The maximum absolute atomic E-state index is 12.3. The van der Waals surface area contributed by atoms with E-state index in [2.05, 4.69) is 4.98 Å². The van der Waals surface area contributed by atoms with E-state index < -0.39 is 0 Å². The summed E-state index contributed by atoms with van der Waals surface area (Å²) in [6, 6.07) is 7.96. The Morgan fingerprint density at radius 1 is 1.38 bits per heavy atom. The lowest BCUT2D eigenvalue weighted by molar-refractivity contribution is -0.134. The van der Waals surface area contributed by atoms with Gasteiger partial charge in [0.1, 0.15) is 5.75 Å². The molecule has 0 saturated heterocycles. The third-order valence-electron chi connectivity index (χ3n) is 4.53. The number of ether oxygens (including phenoxy) is 1. The quantitative estimate of drug-likeness (QED) is 0.899. The first kappa shape index (κ1) is 16.8. The van der Waals surface area contributed by atoms with Gasteiger partial charge in [0, 0.05) is 24.0 Å². The minimum Gasteiger partial charge on any atom is -0.484 e. The van der Waals surface area contributed by atoms with E-state index in [1.165, 1.54) is 30.6 Å². The van der Waals surface area contributed by atoms with Crippen molar-refractivity contribution in [2.75, 3.05) is 19.4 Å². The van der Waals surface area contributed by atoms with Crippen LogP contribution >= 0.6 is 11.3 Å². The molecule has 3 rings (SSSR count). The molecule has 1 aromatic heterocycles. The summed E-state index contributed by atoms with van der Waals surface area (Å²) in [5, 5.41) is 2.46. The molecule has 0 spiro atoms. The van der Waals surface area contributed by atoms with Gasteiger partial charge in [0.2, 0.25) is 0 Å². The van der Waals surface area contributed by atoms with Crippen molar-refractivity contribution in [3.8, 4) is 17.0 Å². The molecule has 0 bridgehead atoms. The maximum atomic E-state index is 12.3. The van der Waals surface area contributed by atoms with Crippen LogP contribution in [0.15, 0.2) is 29.6 Å². The highest BCUT2D eigenvalue weighted by Crippen LogP contribution is 2.26. The lowest BCUT2D eigenvalue weighted by Crippen LogP contribution is -2.40. The fourth-order valence-electron chi connectivity index (χ4n) is 3.08. The van der Waals surface area contributed by atoms with E-state index >= 15 is 0 Å². The molecule has 1 fully saturated rings. The number of hydrogen-bond acceptors (Lipinski definition) is 5. The lowest BCUT2D eigenvalue weighted by atomic mass is 9.94. The summed E-state index contributed by atoms with van der Waals surface area (Å²) in [7, 11) is 1.89. The van der Waals surface area contributed by atoms with Crippen LogP contribution in [0.2, 0.25) is 0 Å². The van der Waals surface area contributed by atoms with Crippen molar-refractivity contribution in [2.24, 2.45) is 0 Å². The number of carbonyl (C=O) groups is 1. The third kappa shape index (κ3) is 4.06. The molecule has 24 heavy (non-hydrogen) atoms. The number of benzene rings is 1. The number of nitrogen functional groups attached to an aromatic ring is 1.